The Morgan fingerprint density at radius 1 is 1.14 bits per heavy atom. The second kappa shape index (κ2) is 9.40. The van der Waals surface area contributed by atoms with E-state index in [0.29, 0.717) is 23.4 Å². The summed E-state index contributed by atoms with van der Waals surface area (Å²) >= 11 is 0. The van der Waals surface area contributed by atoms with Crippen LogP contribution in [0.5, 0.6) is 0 Å². The van der Waals surface area contributed by atoms with Crippen LogP contribution in [0.25, 0.3) is 11.1 Å². The van der Waals surface area contributed by atoms with Gasteiger partial charge >= 0.3 is 0 Å². The number of rotatable bonds is 1. The van der Waals surface area contributed by atoms with Crippen molar-refractivity contribution < 1.29 is 9.18 Å². The van der Waals surface area contributed by atoms with Crippen LogP contribution in [0, 0.1) is 12.8 Å². The van der Waals surface area contributed by atoms with Crippen LogP contribution in [0.4, 0.5) is 15.8 Å². The van der Waals surface area contributed by atoms with Crippen LogP contribution in [-0.2, 0) is 12.1 Å². The van der Waals surface area contributed by atoms with E-state index < -0.39 is 5.67 Å². The highest BCUT2D eigenvalue weighted by Crippen LogP contribution is 2.37. The molecule has 1 aromatic carbocycles. The minimum atomic E-state index is -1.61. The van der Waals surface area contributed by atoms with Gasteiger partial charge in [-0.25, -0.2) is 4.39 Å². The number of aromatic nitrogens is 2. The Morgan fingerprint density at radius 2 is 2.00 bits per heavy atom. The zero-order chi connectivity index (χ0) is 24.6. The van der Waals surface area contributed by atoms with Gasteiger partial charge in [0.1, 0.15) is 5.67 Å². The number of nitrogens with one attached hydrogen (secondary N) is 1. The first-order chi connectivity index (χ1) is 16.8. The Morgan fingerprint density at radius 3 is 2.83 bits per heavy atom. The Labute approximate surface area is 206 Å². The van der Waals surface area contributed by atoms with Crippen molar-refractivity contribution in [1.29, 1.82) is 0 Å². The monoisotopic (exact) mass is 472 g/mol. The van der Waals surface area contributed by atoms with E-state index in [4.69, 9.17) is 0 Å². The number of hydrogen-bond acceptors (Lipinski definition) is 4. The molecule has 1 N–H and O–H groups in total. The number of alkyl halides is 1. The van der Waals surface area contributed by atoms with Crippen molar-refractivity contribution in [2.75, 3.05) is 23.3 Å². The SMILES string of the molecule is CCC1CCN2CCCc3ccc(cc32)-c2cc(cnc2C)NC(=O)c2ccnc(c2)C(C)(F)C1. The van der Waals surface area contributed by atoms with Crippen LogP contribution < -0.4 is 10.2 Å². The van der Waals surface area contributed by atoms with Gasteiger partial charge in [0.25, 0.3) is 5.91 Å². The predicted molar refractivity (Wildman–Crippen MR) is 139 cm³/mol. The van der Waals surface area contributed by atoms with Crippen molar-refractivity contribution in [3.05, 3.63) is 71.3 Å². The average Bonchev–Trinajstić information content (AvgIpc) is 2.87. The fraction of sp³-hybridized carbons (Fsp3) is 0.414. The minimum Gasteiger partial charge on any atom is -0.371 e. The highest BCUT2D eigenvalue weighted by Gasteiger charge is 2.32. The normalized spacial score (nSPS) is 22.3. The third-order valence-corrected chi connectivity index (χ3v) is 7.57. The molecule has 0 radical (unpaired) electrons. The molecule has 0 saturated carbocycles. The first-order valence-corrected chi connectivity index (χ1v) is 12.7. The number of aryl methyl sites for hydroxylation is 2. The first kappa shape index (κ1) is 23.5. The van der Waals surface area contributed by atoms with Gasteiger partial charge in [0, 0.05) is 41.8 Å². The standard InChI is InChI=1S/C29H33FN4O/c1-4-20-10-13-34-12-5-6-21-7-8-22(14-26(21)34)25-16-24(18-32-19(25)2)33-28(35)23-9-11-31-27(15-23)29(3,30)17-20/h7-9,11,14-16,18,20H,4-6,10,12-13,17H2,1-3H3,(H,33,35). The molecule has 3 aromatic rings. The highest BCUT2D eigenvalue weighted by atomic mass is 19.1. The van der Waals surface area contributed by atoms with Crippen LogP contribution in [0.1, 0.15) is 66.8 Å². The van der Waals surface area contributed by atoms with Crippen molar-refractivity contribution in [2.45, 2.75) is 58.5 Å². The molecule has 2 aliphatic heterocycles. The molecular formula is C29H33FN4O. The van der Waals surface area contributed by atoms with Crippen LogP contribution >= 0.6 is 0 Å². The number of pyridine rings is 2. The number of hydrogen-bond donors (Lipinski definition) is 1. The second-order valence-corrected chi connectivity index (χ2v) is 10.1. The van der Waals surface area contributed by atoms with Gasteiger partial charge in [-0.1, -0.05) is 25.5 Å². The zero-order valence-electron chi connectivity index (χ0n) is 20.8. The molecule has 4 heterocycles. The van der Waals surface area contributed by atoms with E-state index in [1.807, 2.05) is 13.0 Å². The molecule has 35 heavy (non-hydrogen) atoms. The molecule has 2 aliphatic rings. The lowest BCUT2D eigenvalue weighted by molar-refractivity contribution is 0.102. The smallest absolute Gasteiger partial charge is 0.255 e. The van der Waals surface area contributed by atoms with Gasteiger partial charge in [-0.15, -0.1) is 0 Å². The molecule has 6 heteroatoms. The summed E-state index contributed by atoms with van der Waals surface area (Å²) in [5.41, 5.74) is 5.32. The molecule has 2 unspecified atom stereocenters. The molecule has 5 rings (SSSR count). The van der Waals surface area contributed by atoms with E-state index in [9.17, 15) is 4.79 Å². The third-order valence-electron chi connectivity index (χ3n) is 7.57. The predicted octanol–water partition coefficient (Wildman–Crippen LogP) is 6.46. The summed E-state index contributed by atoms with van der Waals surface area (Å²) in [5.74, 6) is -0.0796. The largest absolute Gasteiger partial charge is 0.371 e. The van der Waals surface area contributed by atoms with Gasteiger partial charge in [-0.2, -0.15) is 0 Å². The Hall–Kier alpha value is -3.28. The molecule has 5 nitrogen and oxygen atoms in total. The molecule has 0 aliphatic carbocycles. The first-order valence-electron chi connectivity index (χ1n) is 12.7. The van der Waals surface area contributed by atoms with Crippen molar-refractivity contribution in [3.63, 3.8) is 0 Å². The molecule has 6 bridgehead atoms. The van der Waals surface area contributed by atoms with Gasteiger partial charge in [-0.05, 0) is 80.8 Å². The average molecular weight is 473 g/mol. The maximum absolute atomic E-state index is 16.0. The third kappa shape index (κ3) is 4.79. The Balaban J connectivity index is 1.61. The summed E-state index contributed by atoms with van der Waals surface area (Å²) in [7, 11) is 0. The summed E-state index contributed by atoms with van der Waals surface area (Å²) < 4.78 is 16.0. The van der Waals surface area contributed by atoms with Crippen molar-refractivity contribution in [1.82, 2.24) is 9.97 Å². The minimum absolute atomic E-state index is 0.218. The van der Waals surface area contributed by atoms with E-state index in [1.165, 1.54) is 17.4 Å². The van der Waals surface area contributed by atoms with Crippen molar-refractivity contribution >= 4 is 17.3 Å². The van der Waals surface area contributed by atoms with Crippen molar-refractivity contribution in [2.24, 2.45) is 5.92 Å². The maximum atomic E-state index is 16.0. The molecular weight excluding hydrogens is 439 g/mol. The van der Waals surface area contributed by atoms with E-state index in [1.54, 1.807) is 25.3 Å². The summed E-state index contributed by atoms with van der Waals surface area (Å²) in [5, 5.41) is 2.95. The molecule has 1 amide bonds. The topological polar surface area (TPSA) is 58.1 Å². The Kier molecular flexibility index (Phi) is 6.30. The fourth-order valence-corrected chi connectivity index (χ4v) is 5.44. The molecule has 0 spiro atoms. The van der Waals surface area contributed by atoms with Crippen LogP contribution in [0.15, 0.2) is 48.8 Å². The number of halogens is 1. The maximum Gasteiger partial charge on any atom is 0.255 e. The van der Waals surface area contributed by atoms with E-state index in [-0.39, 0.29) is 11.8 Å². The van der Waals surface area contributed by atoms with E-state index in [2.05, 4.69) is 45.3 Å². The lowest BCUT2D eigenvalue weighted by Crippen LogP contribution is -2.32. The van der Waals surface area contributed by atoms with E-state index >= 15 is 4.39 Å². The summed E-state index contributed by atoms with van der Waals surface area (Å²) in [4.78, 5) is 24.4. The zero-order valence-corrected chi connectivity index (χ0v) is 20.8. The highest BCUT2D eigenvalue weighted by molar-refractivity contribution is 6.04. The van der Waals surface area contributed by atoms with Gasteiger partial charge in [0.05, 0.1) is 17.6 Å². The molecule has 2 aromatic heterocycles. The van der Waals surface area contributed by atoms with Crippen LogP contribution in [0.3, 0.4) is 0 Å². The van der Waals surface area contributed by atoms with Crippen LogP contribution in [0.2, 0.25) is 0 Å². The summed E-state index contributed by atoms with van der Waals surface area (Å²) in [6.07, 6.45) is 7.59. The molecule has 0 fully saturated rings. The van der Waals surface area contributed by atoms with Gasteiger partial charge in [-0.3, -0.25) is 14.8 Å². The number of benzene rings is 1. The van der Waals surface area contributed by atoms with Gasteiger partial charge in [0.15, 0.2) is 0 Å². The fourth-order valence-electron chi connectivity index (χ4n) is 5.44. The number of carbonyl (C=O) groups is 1. The Bertz CT molecular complexity index is 1260. The second-order valence-electron chi connectivity index (χ2n) is 10.1. The number of nitrogens with zero attached hydrogens (tertiary/aromatic N) is 3. The number of fused-ring (bicyclic) bond motifs is 6. The lowest BCUT2D eigenvalue weighted by atomic mass is 9.86. The summed E-state index contributed by atoms with van der Waals surface area (Å²) in [6, 6.07) is 11.8. The quantitative estimate of drug-likeness (QED) is 0.441. The molecule has 0 saturated heterocycles. The molecule has 2 atom stereocenters. The lowest BCUT2D eigenvalue weighted by Gasteiger charge is -2.34. The summed E-state index contributed by atoms with van der Waals surface area (Å²) in [6.45, 7) is 7.62. The van der Waals surface area contributed by atoms with E-state index in [0.717, 1.165) is 55.6 Å². The van der Waals surface area contributed by atoms with Crippen molar-refractivity contribution in [3.8, 4) is 11.1 Å². The molecule has 182 valence electrons. The number of anilines is 2. The number of amides is 1. The number of carbonyl (C=O) groups excluding carboxylic acids is 1. The van der Waals surface area contributed by atoms with Gasteiger partial charge < -0.3 is 10.2 Å². The van der Waals surface area contributed by atoms with Gasteiger partial charge in [0.2, 0.25) is 0 Å². The van der Waals surface area contributed by atoms with Crippen LogP contribution in [-0.4, -0.2) is 29.0 Å².